The predicted octanol–water partition coefficient (Wildman–Crippen LogP) is 1.01. The summed E-state index contributed by atoms with van der Waals surface area (Å²) < 4.78 is 34.8. The number of primary amides is 1. The summed E-state index contributed by atoms with van der Waals surface area (Å²) in [6, 6.07) is 2.92. The number of amides is 3. The summed E-state index contributed by atoms with van der Waals surface area (Å²) in [6.45, 7) is 11.1. The molecule has 4 atom stereocenters. The number of esters is 1. The molecule has 0 spiro atoms. The molecule has 1 aliphatic rings. The number of benzene rings is 1. The minimum absolute atomic E-state index is 0.0666. The van der Waals surface area contributed by atoms with Crippen LogP contribution in [0.15, 0.2) is 29.2 Å². The molecule has 1 heterocycles. The Bertz CT molecular complexity index is 1180. The predicted molar refractivity (Wildman–Crippen MR) is 157 cm³/mol. The molecule has 0 saturated carbocycles. The van der Waals surface area contributed by atoms with Crippen LogP contribution in [0.1, 0.15) is 72.3 Å². The van der Waals surface area contributed by atoms with Crippen molar-refractivity contribution in [2.45, 2.75) is 108 Å². The topological polar surface area (TPSA) is 225 Å². The lowest BCUT2D eigenvalue weighted by molar-refractivity contribution is -0.156. The third-order valence-corrected chi connectivity index (χ3v) is 7.35. The molecule has 8 N–H and O–H groups in total. The fourth-order valence-electron chi connectivity index (χ4n) is 4.22. The van der Waals surface area contributed by atoms with E-state index in [-0.39, 0.29) is 16.7 Å². The van der Waals surface area contributed by atoms with Crippen molar-refractivity contribution in [2.24, 2.45) is 23.1 Å². The lowest BCUT2D eigenvalue weighted by atomic mass is 10.0. The van der Waals surface area contributed by atoms with E-state index in [1.807, 2.05) is 6.92 Å². The number of ether oxygens (including phenoxy) is 1. The van der Waals surface area contributed by atoms with E-state index in [1.165, 1.54) is 17.0 Å². The van der Waals surface area contributed by atoms with Crippen LogP contribution in [0.4, 0.5) is 0 Å². The molecule has 1 saturated heterocycles. The zero-order chi connectivity index (χ0) is 32.4. The van der Waals surface area contributed by atoms with Crippen molar-refractivity contribution >= 4 is 33.8 Å². The van der Waals surface area contributed by atoms with Crippen molar-refractivity contribution in [3.8, 4) is 0 Å². The quantitative estimate of drug-likeness (QED) is 0.176. The number of hydrogen-bond donors (Lipinski definition) is 5. The second-order valence-electron chi connectivity index (χ2n) is 11.8. The van der Waals surface area contributed by atoms with E-state index in [0.29, 0.717) is 38.6 Å². The van der Waals surface area contributed by atoms with Crippen LogP contribution >= 0.6 is 0 Å². The molecule has 2 rings (SSSR count). The first-order valence-electron chi connectivity index (χ1n) is 13.9. The van der Waals surface area contributed by atoms with Gasteiger partial charge in [0.1, 0.15) is 23.7 Å². The normalized spacial score (nSPS) is 17.5. The Hall–Kier alpha value is -3.07. The minimum Gasteiger partial charge on any atom is -0.459 e. The van der Waals surface area contributed by atoms with Gasteiger partial charge in [-0.15, -0.1) is 0 Å². The SMILES string of the molecule is CC(C)[C@H](NC(=O)[C@@H]1CCCN1C(=O)[C@@H](N)CCCC(N)C(=O)OC(C)(C)C)C(N)=O.Cc1ccc(S(=O)(=O)O)cc1. The van der Waals surface area contributed by atoms with Gasteiger partial charge in [0.2, 0.25) is 17.7 Å². The van der Waals surface area contributed by atoms with Gasteiger partial charge in [-0.2, -0.15) is 8.42 Å². The summed E-state index contributed by atoms with van der Waals surface area (Å²) in [5.74, 6) is -2.00. The van der Waals surface area contributed by atoms with Crippen molar-refractivity contribution in [2.75, 3.05) is 6.54 Å². The summed E-state index contributed by atoms with van der Waals surface area (Å²) in [7, 11) is -4.02. The van der Waals surface area contributed by atoms with Crippen molar-refractivity contribution in [1.82, 2.24) is 10.2 Å². The number of hydrogen-bond acceptors (Lipinski definition) is 9. The van der Waals surface area contributed by atoms with Crippen molar-refractivity contribution < 1.29 is 36.9 Å². The zero-order valence-corrected chi connectivity index (χ0v) is 26.1. The second kappa shape index (κ2) is 16.0. The standard InChI is InChI=1S/C21H39N5O5.C7H8O3S/c1-12(2)16(17(24)27)25-18(28)15-10-7-11-26(15)19(29)13(22)8-6-9-14(23)20(30)31-21(3,4)5;1-6-2-4-7(5-3-6)11(8,9)10/h12-16H,6-11,22-23H2,1-5H3,(H2,24,27)(H,25,28);2-5H,1H3,(H,8,9,10)/t13-,14?,15-,16-;/m0./s1. The molecule has 0 aliphatic carbocycles. The summed E-state index contributed by atoms with van der Waals surface area (Å²) >= 11 is 0. The van der Waals surface area contributed by atoms with Crippen LogP contribution in [0.5, 0.6) is 0 Å². The lowest BCUT2D eigenvalue weighted by Crippen LogP contribution is -2.55. The highest BCUT2D eigenvalue weighted by Gasteiger charge is 2.37. The molecule has 42 heavy (non-hydrogen) atoms. The Labute approximate surface area is 248 Å². The maximum atomic E-state index is 12.8. The number of rotatable bonds is 11. The summed E-state index contributed by atoms with van der Waals surface area (Å²) in [4.78, 5) is 50.4. The highest BCUT2D eigenvalue weighted by Crippen LogP contribution is 2.20. The van der Waals surface area contributed by atoms with Gasteiger partial charge in [-0.3, -0.25) is 23.7 Å². The van der Waals surface area contributed by atoms with E-state index in [9.17, 15) is 27.6 Å². The molecule has 1 aromatic rings. The van der Waals surface area contributed by atoms with Crippen LogP contribution in [0.25, 0.3) is 0 Å². The Kier molecular flexibility index (Phi) is 14.0. The third kappa shape index (κ3) is 12.4. The monoisotopic (exact) mass is 613 g/mol. The molecule has 1 fully saturated rings. The number of carbonyl (C=O) groups excluding carboxylic acids is 4. The Balaban J connectivity index is 0.000000666. The first-order valence-corrected chi connectivity index (χ1v) is 15.4. The van der Waals surface area contributed by atoms with Crippen LogP contribution in [0, 0.1) is 12.8 Å². The molecule has 1 unspecified atom stereocenters. The van der Waals surface area contributed by atoms with Crippen LogP contribution in [0.2, 0.25) is 0 Å². The minimum atomic E-state index is -4.02. The van der Waals surface area contributed by atoms with Gasteiger partial charge in [-0.25, -0.2) is 0 Å². The number of aryl methyl sites for hydroxylation is 1. The van der Waals surface area contributed by atoms with E-state index < -0.39 is 57.7 Å². The zero-order valence-electron chi connectivity index (χ0n) is 25.3. The van der Waals surface area contributed by atoms with E-state index in [0.717, 1.165) is 5.56 Å². The van der Waals surface area contributed by atoms with Crippen molar-refractivity contribution in [1.29, 1.82) is 0 Å². The van der Waals surface area contributed by atoms with Crippen LogP contribution in [-0.4, -0.2) is 77.9 Å². The van der Waals surface area contributed by atoms with Crippen LogP contribution in [0.3, 0.4) is 0 Å². The average Bonchev–Trinajstić information content (AvgIpc) is 3.35. The molecule has 0 radical (unpaired) electrons. The summed E-state index contributed by atoms with van der Waals surface area (Å²) in [5, 5.41) is 2.65. The molecule has 0 bridgehead atoms. The highest BCUT2D eigenvalue weighted by atomic mass is 32.2. The van der Waals surface area contributed by atoms with Crippen molar-refractivity contribution in [3.05, 3.63) is 29.8 Å². The Morgan fingerprint density at radius 1 is 1.07 bits per heavy atom. The number of nitrogens with two attached hydrogens (primary N) is 3. The van der Waals surface area contributed by atoms with Gasteiger partial charge in [0, 0.05) is 6.54 Å². The molecule has 238 valence electrons. The fraction of sp³-hybridized carbons (Fsp3) is 0.643. The van der Waals surface area contributed by atoms with Crippen LogP contribution in [-0.2, 0) is 34.0 Å². The smallest absolute Gasteiger partial charge is 0.323 e. The second-order valence-corrected chi connectivity index (χ2v) is 13.2. The van der Waals surface area contributed by atoms with Gasteiger partial charge in [-0.05, 0) is 77.8 Å². The molecule has 1 aliphatic heterocycles. The van der Waals surface area contributed by atoms with Gasteiger partial charge in [0.15, 0.2) is 0 Å². The molecule has 0 aromatic heterocycles. The Morgan fingerprint density at radius 3 is 2.10 bits per heavy atom. The fourth-order valence-corrected chi connectivity index (χ4v) is 4.70. The van der Waals surface area contributed by atoms with Crippen LogP contribution < -0.4 is 22.5 Å². The highest BCUT2D eigenvalue weighted by molar-refractivity contribution is 7.85. The van der Waals surface area contributed by atoms with E-state index in [4.69, 9.17) is 26.5 Å². The number of nitrogens with one attached hydrogen (secondary N) is 1. The molecule has 3 amide bonds. The number of nitrogens with zero attached hydrogens (tertiary/aromatic N) is 1. The molecule has 1 aromatic carbocycles. The summed E-state index contributed by atoms with van der Waals surface area (Å²) in [5.41, 5.74) is 17.6. The lowest BCUT2D eigenvalue weighted by Gasteiger charge is -2.29. The molecular formula is C28H47N5O8S. The van der Waals surface area contributed by atoms with E-state index >= 15 is 0 Å². The maximum Gasteiger partial charge on any atom is 0.323 e. The average molecular weight is 614 g/mol. The molecular weight excluding hydrogens is 566 g/mol. The summed E-state index contributed by atoms with van der Waals surface area (Å²) in [6.07, 6.45) is 2.31. The first kappa shape index (κ1) is 37.0. The molecule has 13 nitrogen and oxygen atoms in total. The number of likely N-dealkylation sites (tertiary alicyclic amines) is 1. The van der Waals surface area contributed by atoms with Gasteiger partial charge in [-0.1, -0.05) is 31.5 Å². The van der Waals surface area contributed by atoms with Crippen molar-refractivity contribution in [3.63, 3.8) is 0 Å². The largest absolute Gasteiger partial charge is 0.459 e. The first-order chi connectivity index (χ1) is 19.2. The molecule has 14 heteroatoms. The number of carbonyl (C=O) groups is 4. The Morgan fingerprint density at radius 2 is 1.62 bits per heavy atom. The third-order valence-electron chi connectivity index (χ3n) is 6.49. The van der Waals surface area contributed by atoms with Gasteiger partial charge in [0.05, 0.1) is 10.9 Å². The van der Waals surface area contributed by atoms with E-state index in [2.05, 4.69) is 5.32 Å². The maximum absolute atomic E-state index is 12.8. The van der Waals surface area contributed by atoms with E-state index in [1.54, 1.807) is 46.8 Å². The van der Waals surface area contributed by atoms with Gasteiger partial charge in [0.25, 0.3) is 10.1 Å². The van der Waals surface area contributed by atoms with Gasteiger partial charge >= 0.3 is 5.97 Å². The van der Waals surface area contributed by atoms with Gasteiger partial charge < -0.3 is 32.2 Å².